The van der Waals surface area contributed by atoms with Gasteiger partial charge in [-0.25, -0.2) is 0 Å². The summed E-state index contributed by atoms with van der Waals surface area (Å²) in [7, 11) is 0.119. The van der Waals surface area contributed by atoms with Crippen LogP contribution in [-0.2, 0) is 9.31 Å². The van der Waals surface area contributed by atoms with Crippen LogP contribution in [0.1, 0.15) is 46.0 Å². The highest BCUT2D eigenvalue weighted by atomic mass is 16.6. The maximum absolute atomic E-state index is 6.10. The van der Waals surface area contributed by atoms with Gasteiger partial charge in [0.15, 0.2) is 0 Å². The van der Waals surface area contributed by atoms with E-state index in [0.717, 1.165) is 36.9 Å². The van der Waals surface area contributed by atoms with Crippen LogP contribution in [0.15, 0.2) is 0 Å². The van der Waals surface area contributed by atoms with Crippen LogP contribution in [0.5, 0.6) is 0 Å². The van der Waals surface area contributed by atoms with Crippen molar-refractivity contribution in [3.63, 3.8) is 0 Å². The summed E-state index contributed by atoms with van der Waals surface area (Å²) in [5.41, 5.74) is 0.211. The monoisotopic (exact) mass is 248 g/mol. The zero-order valence-electron chi connectivity index (χ0n) is 11.7. The first-order chi connectivity index (χ1) is 8.61. The lowest BCUT2D eigenvalue weighted by Crippen LogP contribution is -2.52. The fraction of sp³-hybridized carbons (Fsp3) is 1.00. The van der Waals surface area contributed by atoms with E-state index in [2.05, 4.69) is 13.8 Å². The minimum atomic E-state index is 0.119. The molecule has 0 N–H and O–H groups in total. The molecule has 3 heteroatoms. The predicted molar refractivity (Wildman–Crippen MR) is 72.2 cm³/mol. The van der Waals surface area contributed by atoms with E-state index in [-0.39, 0.29) is 12.5 Å². The van der Waals surface area contributed by atoms with Crippen molar-refractivity contribution in [1.82, 2.24) is 0 Å². The van der Waals surface area contributed by atoms with E-state index in [4.69, 9.17) is 9.31 Å². The van der Waals surface area contributed by atoms with Gasteiger partial charge >= 0.3 is 7.12 Å². The predicted octanol–water partition coefficient (Wildman–Crippen LogP) is 3.37. The molecule has 18 heavy (non-hydrogen) atoms. The van der Waals surface area contributed by atoms with Crippen LogP contribution < -0.4 is 0 Å². The zero-order chi connectivity index (χ0) is 12.3. The summed E-state index contributed by atoms with van der Waals surface area (Å²) in [6, 6.07) is 0. The van der Waals surface area contributed by atoms with E-state index in [1.54, 1.807) is 0 Å². The second-order valence-corrected chi connectivity index (χ2v) is 8.16. The SMILES string of the molecule is CC1(C)COB(C2C3CC4CC(C3)CC2C4)OC1. The Labute approximate surface area is 111 Å². The van der Waals surface area contributed by atoms with Crippen LogP contribution in [0.2, 0.25) is 5.82 Å². The molecule has 2 nitrogen and oxygen atoms in total. The lowest BCUT2D eigenvalue weighted by atomic mass is 9.43. The first-order valence-electron chi connectivity index (χ1n) is 7.84. The molecule has 0 aromatic heterocycles. The Morgan fingerprint density at radius 1 is 0.833 bits per heavy atom. The summed E-state index contributed by atoms with van der Waals surface area (Å²) in [4.78, 5) is 0. The third-order valence-corrected chi connectivity index (χ3v) is 5.89. The van der Waals surface area contributed by atoms with Crippen LogP contribution >= 0.6 is 0 Å². The summed E-state index contributed by atoms with van der Waals surface area (Å²) >= 11 is 0. The normalized spacial score (nSPS) is 49.7. The topological polar surface area (TPSA) is 18.5 Å². The Balaban J connectivity index is 1.49. The smallest absolute Gasteiger partial charge is 0.410 e. The third kappa shape index (κ3) is 1.86. The molecule has 4 aliphatic carbocycles. The lowest BCUT2D eigenvalue weighted by molar-refractivity contribution is -0.0246. The maximum Gasteiger partial charge on any atom is 0.460 e. The van der Waals surface area contributed by atoms with Crippen molar-refractivity contribution in [2.24, 2.45) is 29.1 Å². The van der Waals surface area contributed by atoms with E-state index in [9.17, 15) is 0 Å². The van der Waals surface area contributed by atoms with Gasteiger partial charge in [0.2, 0.25) is 0 Å². The second-order valence-electron chi connectivity index (χ2n) is 8.16. The minimum Gasteiger partial charge on any atom is -0.410 e. The Morgan fingerprint density at radius 3 is 1.83 bits per heavy atom. The van der Waals surface area contributed by atoms with Gasteiger partial charge in [-0.3, -0.25) is 0 Å². The Kier molecular flexibility index (Phi) is 2.61. The summed E-state index contributed by atoms with van der Waals surface area (Å²) < 4.78 is 12.2. The van der Waals surface area contributed by atoms with Gasteiger partial charge in [0.25, 0.3) is 0 Å². The lowest BCUT2D eigenvalue weighted by Gasteiger charge is -2.55. The van der Waals surface area contributed by atoms with Crippen LogP contribution in [0.3, 0.4) is 0 Å². The highest BCUT2D eigenvalue weighted by molar-refractivity contribution is 6.46. The van der Waals surface area contributed by atoms with Crippen molar-refractivity contribution in [2.45, 2.75) is 51.8 Å². The van der Waals surface area contributed by atoms with Crippen LogP contribution in [0.4, 0.5) is 0 Å². The standard InChI is InChI=1S/C15H25BO2/c1-15(2)8-17-16(18-9-15)14-12-4-10-3-11(6-12)7-13(14)5-10/h10-14H,3-9H2,1-2H3. The Bertz CT molecular complexity index is 303. The van der Waals surface area contributed by atoms with E-state index in [1.165, 1.54) is 32.1 Å². The molecule has 100 valence electrons. The van der Waals surface area contributed by atoms with E-state index < -0.39 is 0 Å². The maximum atomic E-state index is 6.10. The summed E-state index contributed by atoms with van der Waals surface area (Å²) in [6.07, 6.45) is 7.38. The Morgan fingerprint density at radius 2 is 1.33 bits per heavy atom. The molecule has 4 saturated carbocycles. The van der Waals surface area contributed by atoms with Gasteiger partial charge in [0, 0.05) is 18.6 Å². The van der Waals surface area contributed by atoms with Crippen molar-refractivity contribution >= 4 is 7.12 Å². The fourth-order valence-electron chi connectivity index (χ4n) is 5.34. The largest absolute Gasteiger partial charge is 0.460 e. The molecule has 1 aliphatic heterocycles. The van der Waals surface area contributed by atoms with Crippen molar-refractivity contribution in [3.05, 3.63) is 0 Å². The van der Waals surface area contributed by atoms with Gasteiger partial charge in [-0.15, -0.1) is 0 Å². The molecule has 0 amide bonds. The molecule has 0 unspecified atom stereocenters. The molecule has 0 spiro atoms. The minimum absolute atomic E-state index is 0.119. The first kappa shape index (κ1) is 11.8. The average molecular weight is 248 g/mol. The molecular weight excluding hydrogens is 223 g/mol. The highest BCUT2D eigenvalue weighted by Crippen LogP contribution is 2.60. The van der Waals surface area contributed by atoms with Gasteiger partial charge in [0.05, 0.1) is 0 Å². The first-order valence-corrected chi connectivity index (χ1v) is 7.84. The van der Waals surface area contributed by atoms with Crippen molar-refractivity contribution in [3.8, 4) is 0 Å². The quantitative estimate of drug-likeness (QED) is 0.662. The van der Waals surface area contributed by atoms with Crippen molar-refractivity contribution in [1.29, 1.82) is 0 Å². The van der Waals surface area contributed by atoms with Crippen LogP contribution in [0.25, 0.3) is 0 Å². The van der Waals surface area contributed by atoms with E-state index >= 15 is 0 Å². The van der Waals surface area contributed by atoms with E-state index in [0.29, 0.717) is 5.82 Å². The third-order valence-electron chi connectivity index (χ3n) is 5.89. The van der Waals surface area contributed by atoms with Gasteiger partial charge in [-0.2, -0.15) is 0 Å². The number of hydrogen-bond donors (Lipinski definition) is 0. The van der Waals surface area contributed by atoms with Gasteiger partial charge in [-0.05, 0) is 61.6 Å². The zero-order valence-corrected chi connectivity index (χ0v) is 11.7. The molecule has 0 atom stereocenters. The summed E-state index contributed by atoms with van der Waals surface area (Å²) in [5.74, 6) is 4.63. The molecule has 1 saturated heterocycles. The molecular formula is C15H25BO2. The fourth-order valence-corrected chi connectivity index (χ4v) is 5.34. The summed E-state index contributed by atoms with van der Waals surface area (Å²) in [5, 5.41) is 0. The van der Waals surface area contributed by atoms with Gasteiger partial charge in [0.1, 0.15) is 0 Å². The van der Waals surface area contributed by atoms with E-state index in [1.807, 2.05) is 0 Å². The Hall–Kier alpha value is -0.0151. The molecule has 5 aliphatic rings. The molecule has 5 rings (SSSR count). The molecule has 4 bridgehead atoms. The van der Waals surface area contributed by atoms with Crippen molar-refractivity contribution < 1.29 is 9.31 Å². The van der Waals surface area contributed by atoms with Gasteiger partial charge < -0.3 is 9.31 Å². The second kappa shape index (κ2) is 3.99. The van der Waals surface area contributed by atoms with Crippen molar-refractivity contribution in [2.75, 3.05) is 13.2 Å². The molecule has 0 aromatic rings. The number of rotatable bonds is 1. The summed E-state index contributed by atoms with van der Waals surface area (Å²) in [6.45, 7) is 6.22. The number of hydrogen-bond acceptors (Lipinski definition) is 2. The molecule has 1 heterocycles. The highest BCUT2D eigenvalue weighted by Gasteiger charge is 2.54. The molecule has 0 radical (unpaired) electrons. The van der Waals surface area contributed by atoms with Crippen LogP contribution in [-0.4, -0.2) is 20.3 Å². The average Bonchev–Trinajstić information content (AvgIpc) is 2.29. The van der Waals surface area contributed by atoms with Crippen LogP contribution in [0, 0.1) is 29.1 Å². The molecule has 0 aromatic carbocycles. The molecule has 5 fully saturated rings. The van der Waals surface area contributed by atoms with Gasteiger partial charge in [-0.1, -0.05) is 13.8 Å².